The molecule has 1 amide bonds. The second kappa shape index (κ2) is 11.3. The van der Waals surface area contributed by atoms with Crippen LogP contribution in [0.5, 0.6) is 0 Å². The van der Waals surface area contributed by atoms with E-state index in [2.05, 4.69) is 5.32 Å². The van der Waals surface area contributed by atoms with Gasteiger partial charge in [0.2, 0.25) is 0 Å². The first-order valence-electron chi connectivity index (χ1n) is 10.5. The number of esters is 2. The van der Waals surface area contributed by atoms with Crippen molar-refractivity contribution >= 4 is 29.6 Å². The summed E-state index contributed by atoms with van der Waals surface area (Å²) in [7, 11) is 0. The van der Waals surface area contributed by atoms with Crippen molar-refractivity contribution in [2.24, 2.45) is 0 Å². The topological polar surface area (TPSA) is 119 Å². The van der Waals surface area contributed by atoms with Crippen LogP contribution in [-0.4, -0.2) is 31.1 Å². The van der Waals surface area contributed by atoms with Crippen molar-refractivity contribution in [2.45, 2.75) is 13.8 Å². The predicted molar refractivity (Wildman–Crippen MR) is 125 cm³/mol. The van der Waals surface area contributed by atoms with E-state index < -0.39 is 17.8 Å². The van der Waals surface area contributed by atoms with Gasteiger partial charge < -0.3 is 19.2 Å². The van der Waals surface area contributed by atoms with Crippen LogP contribution in [0.15, 0.2) is 70.7 Å². The minimum Gasteiger partial charge on any atom is -0.462 e. The molecule has 0 fully saturated rings. The van der Waals surface area contributed by atoms with E-state index in [-0.39, 0.29) is 12.2 Å². The number of hydrogen-bond acceptors (Lipinski definition) is 7. The summed E-state index contributed by atoms with van der Waals surface area (Å²) >= 11 is 0. The summed E-state index contributed by atoms with van der Waals surface area (Å²) in [6.07, 6.45) is 1.33. The summed E-state index contributed by atoms with van der Waals surface area (Å²) in [6.45, 7) is 4.01. The van der Waals surface area contributed by atoms with Crippen LogP contribution in [0.1, 0.15) is 40.3 Å². The fourth-order valence-electron chi connectivity index (χ4n) is 2.96. The molecule has 2 aromatic carbocycles. The van der Waals surface area contributed by atoms with Crippen LogP contribution < -0.4 is 5.32 Å². The molecule has 0 saturated carbocycles. The third kappa shape index (κ3) is 5.99. The molecule has 1 aromatic heterocycles. The van der Waals surface area contributed by atoms with Crippen LogP contribution >= 0.6 is 0 Å². The molecule has 0 radical (unpaired) electrons. The first-order valence-corrected chi connectivity index (χ1v) is 10.5. The van der Waals surface area contributed by atoms with Crippen LogP contribution in [0, 0.1) is 11.3 Å². The third-order valence-electron chi connectivity index (χ3n) is 4.61. The Bertz CT molecular complexity index is 1250. The lowest BCUT2D eigenvalue weighted by Gasteiger charge is -2.06. The van der Waals surface area contributed by atoms with Gasteiger partial charge in [-0.05, 0) is 62.4 Å². The maximum absolute atomic E-state index is 12.5. The smallest absolute Gasteiger partial charge is 0.338 e. The van der Waals surface area contributed by atoms with Gasteiger partial charge in [-0.1, -0.05) is 12.1 Å². The normalized spacial score (nSPS) is 10.8. The van der Waals surface area contributed by atoms with Crippen molar-refractivity contribution in [2.75, 3.05) is 18.5 Å². The van der Waals surface area contributed by atoms with Gasteiger partial charge in [-0.2, -0.15) is 5.26 Å². The average molecular weight is 458 g/mol. The van der Waals surface area contributed by atoms with Gasteiger partial charge in [-0.3, -0.25) is 4.79 Å². The van der Waals surface area contributed by atoms with E-state index in [9.17, 15) is 19.6 Å². The van der Waals surface area contributed by atoms with E-state index in [4.69, 9.17) is 13.9 Å². The van der Waals surface area contributed by atoms with Gasteiger partial charge in [0.05, 0.1) is 24.3 Å². The molecule has 0 saturated heterocycles. The molecule has 1 N–H and O–H groups in total. The Labute approximate surface area is 196 Å². The van der Waals surface area contributed by atoms with E-state index in [0.29, 0.717) is 34.9 Å². The first kappa shape index (κ1) is 24.0. The van der Waals surface area contributed by atoms with Crippen molar-refractivity contribution in [1.82, 2.24) is 0 Å². The zero-order valence-electron chi connectivity index (χ0n) is 18.7. The lowest BCUT2D eigenvalue weighted by Crippen LogP contribution is -2.13. The first-order chi connectivity index (χ1) is 16.4. The molecule has 3 rings (SSSR count). The van der Waals surface area contributed by atoms with E-state index in [1.54, 1.807) is 62.4 Å². The number of carbonyl (C=O) groups excluding carboxylic acids is 3. The lowest BCUT2D eigenvalue weighted by atomic mass is 10.1. The number of rotatable bonds is 8. The van der Waals surface area contributed by atoms with E-state index >= 15 is 0 Å². The molecule has 0 aliphatic carbocycles. The number of ether oxygens (including phenoxy) is 2. The van der Waals surface area contributed by atoms with Crippen LogP contribution in [0.25, 0.3) is 17.4 Å². The zero-order chi connectivity index (χ0) is 24.5. The molecular formula is C26H22N2O6. The van der Waals surface area contributed by atoms with Gasteiger partial charge in [0, 0.05) is 17.3 Å². The van der Waals surface area contributed by atoms with Gasteiger partial charge >= 0.3 is 11.9 Å². The molecule has 1 heterocycles. The fourth-order valence-corrected chi connectivity index (χ4v) is 2.96. The molecule has 0 aliphatic heterocycles. The second-order valence-corrected chi connectivity index (χ2v) is 6.92. The molecule has 172 valence electrons. The monoisotopic (exact) mass is 458 g/mol. The van der Waals surface area contributed by atoms with Crippen molar-refractivity contribution < 1.29 is 28.3 Å². The number of anilines is 1. The number of hydrogen-bond donors (Lipinski definition) is 1. The minimum atomic E-state index is -0.622. The second-order valence-electron chi connectivity index (χ2n) is 6.92. The highest BCUT2D eigenvalue weighted by Crippen LogP contribution is 2.24. The van der Waals surface area contributed by atoms with E-state index in [0.717, 1.165) is 5.56 Å². The summed E-state index contributed by atoms with van der Waals surface area (Å²) < 4.78 is 15.6. The highest BCUT2D eigenvalue weighted by molar-refractivity contribution is 6.09. The Morgan fingerprint density at radius 2 is 1.44 bits per heavy atom. The Morgan fingerprint density at radius 3 is 1.97 bits per heavy atom. The Morgan fingerprint density at radius 1 is 0.882 bits per heavy atom. The van der Waals surface area contributed by atoms with Crippen LogP contribution in [0.3, 0.4) is 0 Å². The molecule has 0 bridgehead atoms. The Kier molecular flexibility index (Phi) is 7.97. The highest BCUT2D eigenvalue weighted by Gasteiger charge is 2.13. The van der Waals surface area contributed by atoms with Crippen molar-refractivity contribution in [1.29, 1.82) is 5.26 Å². The van der Waals surface area contributed by atoms with Crippen LogP contribution in [0.4, 0.5) is 5.69 Å². The lowest BCUT2D eigenvalue weighted by molar-refractivity contribution is -0.112. The molecule has 0 aliphatic rings. The van der Waals surface area contributed by atoms with Gasteiger partial charge in [0.15, 0.2) is 0 Å². The SMILES string of the molecule is CCOC(=O)c1ccc(NC(=O)C(C#N)=Cc2ccc(-c3ccc(C(=O)OCC)cc3)o2)cc1. The molecule has 3 aromatic rings. The fraction of sp³-hybridized carbons (Fsp3) is 0.154. The quantitative estimate of drug-likeness (QED) is 0.291. The van der Waals surface area contributed by atoms with E-state index in [1.165, 1.54) is 18.2 Å². The maximum atomic E-state index is 12.5. The molecule has 0 atom stereocenters. The Hall–Kier alpha value is -4.64. The van der Waals surface area contributed by atoms with Gasteiger partial charge in [-0.15, -0.1) is 0 Å². The number of nitrogens with one attached hydrogen (secondary N) is 1. The molecule has 34 heavy (non-hydrogen) atoms. The third-order valence-corrected chi connectivity index (χ3v) is 4.61. The summed E-state index contributed by atoms with van der Waals surface area (Å²) in [5, 5.41) is 12.0. The van der Waals surface area contributed by atoms with Gasteiger partial charge in [0.1, 0.15) is 23.2 Å². The summed E-state index contributed by atoms with van der Waals surface area (Å²) in [5.41, 5.74) is 1.76. The van der Waals surface area contributed by atoms with Crippen LogP contribution in [-0.2, 0) is 14.3 Å². The van der Waals surface area contributed by atoms with Crippen molar-refractivity contribution in [3.8, 4) is 17.4 Å². The number of furan rings is 1. The number of nitriles is 1. The standard InChI is InChI=1S/C26H22N2O6/c1-3-32-25(30)18-7-5-17(6-8-18)23-14-13-22(34-23)15-20(16-27)24(29)28-21-11-9-19(10-12-21)26(31)33-4-2/h5-15H,3-4H2,1-2H3,(H,28,29). The van der Waals surface area contributed by atoms with Gasteiger partial charge in [-0.25, -0.2) is 9.59 Å². The average Bonchev–Trinajstić information content (AvgIpc) is 3.32. The summed E-state index contributed by atoms with van der Waals surface area (Å²) in [4.78, 5) is 36.0. The predicted octanol–water partition coefficient (Wildman–Crippen LogP) is 4.85. The van der Waals surface area contributed by atoms with Gasteiger partial charge in [0.25, 0.3) is 5.91 Å². The summed E-state index contributed by atoms with van der Waals surface area (Å²) in [5.74, 6) is -0.662. The maximum Gasteiger partial charge on any atom is 0.338 e. The zero-order valence-corrected chi connectivity index (χ0v) is 18.7. The highest BCUT2D eigenvalue weighted by atomic mass is 16.5. The number of benzene rings is 2. The largest absolute Gasteiger partial charge is 0.462 e. The number of amides is 1. The molecule has 8 heteroatoms. The Balaban J connectivity index is 1.70. The number of nitrogens with zero attached hydrogens (tertiary/aromatic N) is 1. The number of carbonyl (C=O) groups is 3. The minimum absolute atomic E-state index is 0.159. The van der Waals surface area contributed by atoms with Crippen molar-refractivity contribution in [3.05, 3.63) is 83.1 Å². The molecule has 0 unspecified atom stereocenters. The van der Waals surface area contributed by atoms with Crippen LogP contribution in [0.2, 0.25) is 0 Å². The molecule has 0 spiro atoms. The van der Waals surface area contributed by atoms with Crippen molar-refractivity contribution in [3.63, 3.8) is 0 Å². The van der Waals surface area contributed by atoms with E-state index in [1.807, 2.05) is 6.07 Å². The molecule has 8 nitrogen and oxygen atoms in total. The molecular weight excluding hydrogens is 436 g/mol. The summed E-state index contributed by atoms with van der Waals surface area (Å²) in [6, 6.07) is 18.0.